The molecule has 9 nitrogen and oxygen atoms in total. The molecule has 0 bridgehead atoms. The first-order valence-corrected chi connectivity index (χ1v) is 4.63. The van der Waals surface area contributed by atoms with Crippen LogP contribution in [0.15, 0.2) is 14.4 Å². The van der Waals surface area contributed by atoms with Gasteiger partial charge in [0.05, 0.1) is 18.2 Å². The molecule has 9 heteroatoms. The molecule has 0 fully saturated rings. The zero-order chi connectivity index (χ0) is 13.7. The lowest BCUT2D eigenvalue weighted by molar-refractivity contribution is 0.507. The smallest absolute Gasteiger partial charge is 0.247 e. The van der Waals surface area contributed by atoms with Crippen molar-refractivity contribution in [1.82, 2.24) is 13.7 Å². The topological polar surface area (TPSA) is 137 Å². The van der Waals surface area contributed by atoms with Gasteiger partial charge in [-0.3, -0.25) is 0 Å². The molecular weight excluding hydrogens is 240 g/mol. The minimum absolute atomic E-state index is 0.496. The maximum Gasteiger partial charge on any atom is 0.338 e. The predicted molar refractivity (Wildman–Crippen MR) is 56.1 cm³/mol. The molecular formula is C9H6N6O3. The zero-order valence-electron chi connectivity index (χ0n) is 9.03. The van der Waals surface area contributed by atoms with E-state index in [1.54, 1.807) is 18.2 Å². The van der Waals surface area contributed by atoms with Crippen molar-refractivity contribution < 1.29 is 0 Å². The van der Waals surface area contributed by atoms with E-state index in [0.717, 1.165) is 0 Å². The molecule has 0 saturated carbocycles. The second kappa shape index (κ2) is 5.28. The molecule has 0 saturated heterocycles. The monoisotopic (exact) mass is 246 g/mol. The molecule has 0 atom stereocenters. The molecule has 0 amide bonds. The third kappa shape index (κ3) is 2.04. The second-order valence-corrected chi connectivity index (χ2v) is 3.08. The highest BCUT2D eigenvalue weighted by Crippen LogP contribution is 1.75. The van der Waals surface area contributed by atoms with Gasteiger partial charge in [0.25, 0.3) is 0 Å². The summed E-state index contributed by atoms with van der Waals surface area (Å²) in [5.74, 6) is 0. The molecule has 0 radical (unpaired) electrons. The predicted octanol–water partition coefficient (Wildman–Crippen LogP) is -2.26. The normalized spacial score (nSPS) is 9.17. The van der Waals surface area contributed by atoms with Crippen molar-refractivity contribution >= 4 is 0 Å². The van der Waals surface area contributed by atoms with Gasteiger partial charge in [0, 0.05) is 0 Å². The Morgan fingerprint density at radius 2 is 0.889 bits per heavy atom. The lowest BCUT2D eigenvalue weighted by Gasteiger charge is -2.07. The summed E-state index contributed by atoms with van der Waals surface area (Å²) in [4.78, 5) is 35.0. The second-order valence-electron chi connectivity index (χ2n) is 3.08. The Labute approximate surface area is 99.6 Å². The van der Waals surface area contributed by atoms with Crippen LogP contribution >= 0.6 is 0 Å². The maximum absolute atomic E-state index is 11.7. The number of nitrogens with zero attached hydrogens (tertiary/aromatic N) is 6. The highest BCUT2D eigenvalue weighted by molar-refractivity contribution is 4.88. The molecule has 1 aromatic heterocycles. The molecule has 0 aromatic carbocycles. The van der Waals surface area contributed by atoms with Crippen LogP contribution in [-0.2, 0) is 19.6 Å². The van der Waals surface area contributed by atoms with Gasteiger partial charge in [-0.2, -0.15) is 15.8 Å². The van der Waals surface area contributed by atoms with Crippen LogP contribution in [0.4, 0.5) is 0 Å². The zero-order valence-corrected chi connectivity index (χ0v) is 9.03. The van der Waals surface area contributed by atoms with Gasteiger partial charge in [-0.15, -0.1) is 0 Å². The summed E-state index contributed by atoms with van der Waals surface area (Å²) in [5, 5.41) is 25.5. The van der Waals surface area contributed by atoms with E-state index in [-0.39, 0.29) is 0 Å². The average Bonchev–Trinajstić information content (AvgIpc) is 2.35. The molecule has 0 N–H and O–H groups in total. The van der Waals surface area contributed by atoms with E-state index in [0.29, 0.717) is 13.7 Å². The Morgan fingerprint density at radius 1 is 0.667 bits per heavy atom. The van der Waals surface area contributed by atoms with Gasteiger partial charge in [0.2, 0.25) is 0 Å². The van der Waals surface area contributed by atoms with Gasteiger partial charge >= 0.3 is 17.1 Å². The van der Waals surface area contributed by atoms with E-state index in [1.165, 1.54) is 0 Å². The van der Waals surface area contributed by atoms with Crippen LogP contribution < -0.4 is 17.1 Å². The van der Waals surface area contributed by atoms with Crippen LogP contribution in [0.25, 0.3) is 0 Å². The summed E-state index contributed by atoms with van der Waals surface area (Å²) < 4.78 is 1.49. The fourth-order valence-electron chi connectivity index (χ4n) is 1.30. The number of aromatic nitrogens is 3. The Hall–Kier alpha value is -3.12. The third-order valence-corrected chi connectivity index (χ3v) is 2.07. The van der Waals surface area contributed by atoms with Crippen LogP contribution in [0.2, 0.25) is 0 Å². The first-order chi connectivity index (χ1) is 8.58. The van der Waals surface area contributed by atoms with Crippen molar-refractivity contribution in [2.75, 3.05) is 0 Å². The van der Waals surface area contributed by atoms with Crippen molar-refractivity contribution in [3.8, 4) is 18.2 Å². The number of nitriles is 3. The number of hydrogen-bond acceptors (Lipinski definition) is 6. The fourth-order valence-corrected chi connectivity index (χ4v) is 1.30. The minimum atomic E-state index is -1.04. The van der Waals surface area contributed by atoms with Crippen molar-refractivity contribution in [2.24, 2.45) is 0 Å². The van der Waals surface area contributed by atoms with E-state index in [2.05, 4.69) is 0 Å². The number of rotatable bonds is 3. The number of hydrogen-bond donors (Lipinski definition) is 0. The van der Waals surface area contributed by atoms with Gasteiger partial charge < -0.3 is 0 Å². The van der Waals surface area contributed by atoms with Crippen LogP contribution in [-0.4, -0.2) is 13.7 Å². The van der Waals surface area contributed by atoms with E-state index in [9.17, 15) is 14.4 Å². The quantitative estimate of drug-likeness (QED) is 0.590. The Balaban J connectivity index is 3.80. The molecule has 1 heterocycles. The molecule has 90 valence electrons. The molecule has 1 rings (SSSR count). The summed E-state index contributed by atoms with van der Waals surface area (Å²) in [6, 6.07) is 4.78. The van der Waals surface area contributed by atoms with Gasteiger partial charge in [-0.05, 0) is 0 Å². The highest BCUT2D eigenvalue weighted by atomic mass is 16.2. The van der Waals surface area contributed by atoms with Gasteiger partial charge in [0.15, 0.2) is 0 Å². The largest absolute Gasteiger partial charge is 0.338 e. The molecule has 1 aromatic rings. The fraction of sp³-hybridized carbons (Fsp3) is 0.333. The van der Waals surface area contributed by atoms with E-state index in [1.807, 2.05) is 0 Å². The van der Waals surface area contributed by atoms with Crippen molar-refractivity contribution in [1.29, 1.82) is 15.8 Å². The summed E-state index contributed by atoms with van der Waals surface area (Å²) in [6.45, 7) is -1.68. The molecule has 0 aliphatic heterocycles. The summed E-state index contributed by atoms with van der Waals surface area (Å²) in [6.07, 6.45) is 0. The van der Waals surface area contributed by atoms with Crippen LogP contribution in [0.3, 0.4) is 0 Å². The molecule has 0 aliphatic carbocycles. The van der Waals surface area contributed by atoms with Crippen molar-refractivity contribution in [3.05, 3.63) is 31.5 Å². The van der Waals surface area contributed by atoms with E-state index >= 15 is 0 Å². The molecule has 18 heavy (non-hydrogen) atoms. The first-order valence-electron chi connectivity index (χ1n) is 4.63. The summed E-state index contributed by atoms with van der Waals surface area (Å²) >= 11 is 0. The average molecular weight is 246 g/mol. The Morgan fingerprint density at radius 3 is 1.06 bits per heavy atom. The first kappa shape index (κ1) is 12.9. The van der Waals surface area contributed by atoms with Crippen molar-refractivity contribution in [2.45, 2.75) is 19.6 Å². The molecule has 0 unspecified atom stereocenters. The van der Waals surface area contributed by atoms with Gasteiger partial charge in [0.1, 0.15) is 19.6 Å². The van der Waals surface area contributed by atoms with Crippen molar-refractivity contribution in [3.63, 3.8) is 0 Å². The highest BCUT2D eigenvalue weighted by Gasteiger charge is 2.14. The molecule has 0 aliphatic rings. The van der Waals surface area contributed by atoms with Crippen LogP contribution in [0.1, 0.15) is 0 Å². The lowest BCUT2D eigenvalue weighted by atomic mass is 10.6. The van der Waals surface area contributed by atoms with Crippen LogP contribution in [0, 0.1) is 34.0 Å². The molecule has 0 spiro atoms. The van der Waals surface area contributed by atoms with E-state index < -0.39 is 36.7 Å². The van der Waals surface area contributed by atoms with Gasteiger partial charge in [-0.25, -0.2) is 28.1 Å². The third-order valence-electron chi connectivity index (χ3n) is 2.07. The van der Waals surface area contributed by atoms with Crippen LogP contribution in [0.5, 0.6) is 0 Å². The maximum atomic E-state index is 11.7. The Kier molecular flexibility index (Phi) is 3.80. The SMILES string of the molecule is N#CCn1c(=O)n(CC#N)c(=O)n(CC#N)c1=O. The lowest BCUT2D eigenvalue weighted by Crippen LogP contribution is -2.54. The van der Waals surface area contributed by atoms with E-state index in [4.69, 9.17) is 15.8 Å². The standard InChI is InChI=1S/C9H6N6O3/c10-1-4-13-7(16)14(5-2-11)9(18)15(6-3-12)8(13)17/h4-6H2. The minimum Gasteiger partial charge on any atom is -0.247 e. The Bertz CT molecular complexity index is 625. The summed E-state index contributed by atoms with van der Waals surface area (Å²) in [7, 11) is 0. The van der Waals surface area contributed by atoms with Gasteiger partial charge in [-0.1, -0.05) is 0 Å². The summed E-state index contributed by atoms with van der Waals surface area (Å²) in [5.41, 5.74) is -3.12.